The smallest absolute Gasteiger partial charge is 0.240 e. The number of nitrogens with two attached hydrogens (primary N) is 1. The van der Waals surface area contributed by atoms with Crippen LogP contribution in [-0.2, 0) is 4.79 Å². The minimum Gasteiger partial charge on any atom is -0.338 e. The maximum absolute atomic E-state index is 12.6. The van der Waals surface area contributed by atoms with Gasteiger partial charge in [-0.25, -0.2) is 0 Å². The molecule has 1 atom stereocenters. The highest BCUT2D eigenvalue weighted by Gasteiger charge is 2.39. The average Bonchev–Trinajstić information content (AvgIpc) is 3.18. The van der Waals surface area contributed by atoms with Crippen LogP contribution in [0, 0.1) is 11.3 Å². The van der Waals surface area contributed by atoms with Crippen LogP contribution >= 0.6 is 0 Å². The van der Waals surface area contributed by atoms with E-state index in [0.717, 1.165) is 6.54 Å². The van der Waals surface area contributed by atoms with Crippen LogP contribution in [0.3, 0.4) is 0 Å². The summed E-state index contributed by atoms with van der Waals surface area (Å²) in [6, 6.07) is 0.125. The summed E-state index contributed by atoms with van der Waals surface area (Å²) in [5, 5.41) is 0. The fourth-order valence-corrected chi connectivity index (χ4v) is 3.00. The maximum Gasteiger partial charge on any atom is 0.240 e. The van der Waals surface area contributed by atoms with Gasteiger partial charge in [0.1, 0.15) is 0 Å². The van der Waals surface area contributed by atoms with E-state index < -0.39 is 0 Å². The molecule has 2 N–H and O–H groups in total. The SMILES string of the molecule is CC(C)(C)C(N)C(=O)N(CC1CCCCC1)C1CC1. The molecule has 0 spiro atoms. The van der Waals surface area contributed by atoms with Gasteiger partial charge in [0.05, 0.1) is 6.04 Å². The quantitative estimate of drug-likeness (QED) is 0.850. The molecule has 2 rings (SSSR count). The molecule has 3 nitrogen and oxygen atoms in total. The molecular formula is C16H30N2O. The molecule has 0 aromatic carbocycles. The highest BCUT2D eigenvalue weighted by molar-refractivity contribution is 5.83. The Morgan fingerprint density at radius 3 is 2.21 bits per heavy atom. The van der Waals surface area contributed by atoms with Gasteiger partial charge in [0.15, 0.2) is 0 Å². The van der Waals surface area contributed by atoms with Crippen LogP contribution < -0.4 is 5.73 Å². The topological polar surface area (TPSA) is 46.3 Å². The van der Waals surface area contributed by atoms with Gasteiger partial charge < -0.3 is 10.6 Å². The molecule has 0 heterocycles. The van der Waals surface area contributed by atoms with Gasteiger partial charge in [-0.05, 0) is 37.0 Å². The van der Waals surface area contributed by atoms with E-state index in [4.69, 9.17) is 5.73 Å². The van der Waals surface area contributed by atoms with Crippen LogP contribution in [0.25, 0.3) is 0 Å². The molecule has 2 aliphatic carbocycles. The zero-order chi connectivity index (χ0) is 14.0. The number of rotatable bonds is 4. The standard InChI is InChI=1S/C16H30N2O/c1-16(2,3)14(17)15(19)18(13-9-10-13)11-12-7-5-4-6-8-12/h12-14H,4-11,17H2,1-3H3. The van der Waals surface area contributed by atoms with Crippen LogP contribution in [-0.4, -0.2) is 29.4 Å². The van der Waals surface area contributed by atoms with E-state index in [0.29, 0.717) is 12.0 Å². The Balaban J connectivity index is 1.97. The molecule has 0 radical (unpaired) electrons. The summed E-state index contributed by atoms with van der Waals surface area (Å²) in [7, 11) is 0. The van der Waals surface area contributed by atoms with Crippen molar-refractivity contribution in [2.24, 2.45) is 17.1 Å². The molecular weight excluding hydrogens is 236 g/mol. The third-order valence-corrected chi connectivity index (χ3v) is 4.65. The molecule has 0 aromatic heterocycles. The summed E-state index contributed by atoms with van der Waals surface area (Å²) < 4.78 is 0. The number of hydrogen-bond donors (Lipinski definition) is 1. The van der Waals surface area contributed by atoms with E-state index >= 15 is 0 Å². The lowest BCUT2D eigenvalue weighted by atomic mass is 9.85. The molecule has 0 aromatic rings. The minimum absolute atomic E-state index is 0.142. The fourth-order valence-electron chi connectivity index (χ4n) is 3.00. The average molecular weight is 266 g/mol. The van der Waals surface area contributed by atoms with Crippen LogP contribution in [0.15, 0.2) is 0 Å². The van der Waals surface area contributed by atoms with E-state index in [2.05, 4.69) is 25.7 Å². The van der Waals surface area contributed by atoms with E-state index in [9.17, 15) is 4.79 Å². The first-order valence-corrected chi connectivity index (χ1v) is 7.95. The second-order valence-corrected chi connectivity index (χ2v) is 7.57. The predicted octanol–water partition coefficient (Wildman–Crippen LogP) is 2.93. The summed E-state index contributed by atoms with van der Waals surface area (Å²) in [5.41, 5.74) is 6.03. The molecule has 1 unspecified atom stereocenters. The first kappa shape index (κ1) is 14.8. The van der Waals surface area contributed by atoms with Crippen LogP contribution in [0.5, 0.6) is 0 Å². The van der Waals surface area contributed by atoms with Crippen molar-refractivity contribution in [1.29, 1.82) is 0 Å². The third-order valence-electron chi connectivity index (χ3n) is 4.65. The van der Waals surface area contributed by atoms with Crippen molar-refractivity contribution in [2.45, 2.75) is 77.8 Å². The Morgan fingerprint density at radius 1 is 1.16 bits per heavy atom. The Labute approximate surface area is 117 Å². The van der Waals surface area contributed by atoms with E-state index in [1.807, 2.05) is 0 Å². The molecule has 2 fully saturated rings. The van der Waals surface area contributed by atoms with Gasteiger partial charge in [0.2, 0.25) is 5.91 Å². The van der Waals surface area contributed by atoms with Gasteiger partial charge in [-0.2, -0.15) is 0 Å². The summed E-state index contributed by atoms with van der Waals surface area (Å²) in [5.74, 6) is 0.894. The van der Waals surface area contributed by atoms with Crippen LogP contribution in [0.4, 0.5) is 0 Å². The number of carbonyl (C=O) groups is 1. The Kier molecular flexibility index (Phi) is 4.54. The summed E-state index contributed by atoms with van der Waals surface area (Å²) in [4.78, 5) is 14.8. The summed E-state index contributed by atoms with van der Waals surface area (Å²) in [6.45, 7) is 7.12. The monoisotopic (exact) mass is 266 g/mol. The Hall–Kier alpha value is -0.570. The fraction of sp³-hybridized carbons (Fsp3) is 0.938. The van der Waals surface area contributed by atoms with E-state index in [-0.39, 0.29) is 17.4 Å². The van der Waals surface area contributed by atoms with Crippen LogP contribution in [0.2, 0.25) is 0 Å². The summed E-state index contributed by atoms with van der Waals surface area (Å²) >= 11 is 0. The third kappa shape index (κ3) is 3.95. The maximum atomic E-state index is 12.6. The number of carbonyl (C=O) groups excluding carboxylic acids is 1. The lowest BCUT2D eigenvalue weighted by Gasteiger charge is -2.35. The van der Waals surface area contributed by atoms with Crippen molar-refractivity contribution >= 4 is 5.91 Å². The zero-order valence-corrected chi connectivity index (χ0v) is 12.8. The first-order chi connectivity index (χ1) is 8.89. The van der Waals surface area contributed by atoms with Gasteiger partial charge in [-0.1, -0.05) is 40.0 Å². The molecule has 2 aliphatic rings. The van der Waals surface area contributed by atoms with Crippen LogP contribution in [0.1, 0.15) is 65.7 Å². The molecule has 2 saturated carbocycles. The summed E-state index contributed by atoms with van der Waals surface area (Å²) in [6.07, 6.45) is 8.98. The molecule has 0 aliphatic heterocycles. The molecule has 110 valence electrons. The largest absolute Gasteiger partial charge is 0.338 e. The Morgan fingerprint density at radius 2 is 1.74 bits per heavy atom. The Bertz CT molecular complexity index is 311. The lowest BCUT2D eigenvalue weighted by Crippen LogP contribution is -2.52. The molecule has 0 saturated heterocycles. The van der Waals surface area contributed by atoms with E-state index in [1.54, 1.807) is 0 Å². The van der Waals surface area contributed by atoms with Crippen molar-refractivity contribution < 1.29 is 4.79 Å². The van der Waals surface area contributed by atoms with Gasteiger partial charge in [-0.3, -0.25) is 4.79 Å². The highest BCUT2D eigenvalue weighted by atomic mass is 16.2. The van der Waals surface area contributed by atoms with E-state index in [1.165, 1.54) is 44.9 Å². The molecule has 19 heavy (non-hydrogen) atoms. The van der Waals surface area contributed by atoms with Crippen molar-refractivity contribution in [3.8, 4) is 0 Å². The minimum atomic E-state index is -0.364. The zero-order valence-electron chi connectivity index (χ0n) is 12.8. The first-order valence-electron chi connectivity index (χ1n) is 7.95. The number of hydrogen-bond acceptors (Lipinski definition) is 2. The van der Waals surface area contributed by atoms with Crippen molar-refractivity contribution in [3.63, 3.8) is 0 Å². The normalized spacial score (nSPS) is 23.2. The van der Waals surface area contributed by atoms with Crippen molar-refractivity contribution in [2.75, 3.05) is 6.54 Å². The predicted molar refractivity (Wildman–Crippen MR) is 78.7 cm³/mol. The van der Waals surface area contributed by atoms with Gasteiger partial charge in [0.25, 0.3) is 0 Å². The second-order valence-electron chi connectivity index (χ2n) is 7.57. The van der Waals surface area contributed by atoms with Crippen molar-refractivity contribution in [3.05, 3.63) is 0 Å². The lowest BCUT2D eigenvalue weighted by molar-refractivity contribution is -0.136. The van der Waals surface area contributed by atoms with Gasteiger partial charge >= 0.3 is 0 Å². The van der Waals surface area contributed by atoms with Gasteiger partial charge in [-0.15, -0.1) is 0 Å². The molecule has 1 amide bonds. The van der Waals surface area contributed by atoms with Crippen molar-refractivity contribution in [1.82, 2.24) is 4.90 Å². The van der Waals surface area contributed by atoms with Gasteiger partial charge in [0, 0.05) is 12.6 Å². The molecule has 3 heteroatoms. The number of amides is 1. The second kappa shape index (κ2) is 5.82. The highest BCUT2D eigenvalue weighted by Crippen LogP contribution is 2.33. The molecule has 0 bridgehead atoms. The number of nitrogens with zero attached hydrogens (tertiary/aromatic N) is 1.